The van der Waals surface area contributed by atoms with E-state index in [1.54, 1.807) is 12.4 Å². The Morgan fingerprint density at radius 2 is 2.36 bits per heavy atom. The summed E-state index contributed by atoms with van der Waals surface area (Å²) in [6, 6.07) is 1.96. The Kier molecular flexibility index (Phi) is 5.26. The molecule has 2 nitrogen and oxygen atoms in total. The summed E-state index contributed by atoms with van der Waals surface area (Å²) in [6.07, 6.45) is 4.58. The average molecular weight is 278 g/mol. The van der Waals surface area contributed by atoms with Crippen LogP contribution in [0, 0.1) is 0 Å². The van der Waals surface area contributed by atoms with Gasteiger partial charge in [-0.2, -0.15) is 0 Å². The smallest absolute Gasteiger partial charge is 0.0822 e. The third-order valence-corrected chi connectivity index (χ3v) is 2.89. The van der Waals surface area contributed by atoms with Gasteiger partial charge in [0.1, 0.15) is 0 Å². The van der Waals surface area contributed by atoms with Crippen molar-refractivity contribution in [2.75, 3.05) is 23.3 Å². The highest BCUT2D eigenvalue weighted by molar-refractivity contribution is 9.09. The zero-order valence-electron chi connectivity index (χ0n) is 8.21. The van der Waals surface area contributed by atoms with Gasteiger partial charge in [0.05, 0.1) is 10.7 Å². The maximum Gasteiger partial charge on any atom is 0.0822 e. The molecule has 0 N–H and O–H groups in total. The van der Waals surface area contributed by atoms with Crippen molar-refractivity contribution in [3.8, 4) is 0 Å². The van der Waals surface area contributed by atoms with Gasteiger partial charge in [-0.3, -0.25) is 4.98 Å². The fourth-order valence-corrected chi connectivity index (χ4v) is 1.81. The van der Waals surface area contributed by atoms with E-state index in [2.05, 4.69) is 32.7 Å². The monoisotopic (exact) mass is 276 g/mol. The van der Waals surface area contributed by atoms with Gasteiger partial charge in [0, 0.05) is 30.8 Å². The van der Waals surface area contributed by atoms with Gasteiger partial charge in [0.15, 0.2) is 0 Å². The SMILES string of the molecule is CCN(CCCBr)c1ccncc1Cl. The highest BCUT2D eigenvalue weighted by Crippen LogP contribution is 2.23. The summed E-state index contributed by atoms with van der Waals surface area (Å²) in [4.78, 5) is 6.23. The highest BCUT2D eigenvalue weighted by atomic mass is 79.9. The molecule has 0 aromatic carbocycles. The Labute approximate surface area is 98.4 Å². The summed E-state index contributed by atoms with van der Waals surface area (Å²) in [5.41, 5.74) is 1.07. The predicted octanol–water partition coefficient (Wildman–Crippen LogP) is 3.35. The third-order valence-electron chi connectivity index (χ3n) is 2.04. The molecule has 4 heteroatoms. The van der Waals surface area contributed by atoms with Crippen LogP contribution in [0.2, 0.25) is 5.02 Å². The molecule has 0 amide bonds. The predicted molar refractivity (Wildman–Crippen MR) is 65.5 cm³/mol. The molecule has 0 fully saturated rings. The van der Waals surface area contributed by atoms with Crippen molar-refractivity contribution < 1.29 is 0 Å². The molecule has 0 radical (unpaired) electrons. The fourth-order valence-electron chi connectivity index (χ4n) is 1.32. The Bertz CT molecular complexity index is 281. The minimum absolute atomic E-state index is 0.726. The molecule has 1 aromatic heterocycles. The number of halogens is 2. The first-order valence-corrected chi connectivity index (χ1v) is 6.20. The number of pyridine rings is 1. The maximum absolute atomic E-state index is 6.06. The first kappa shape index (κ1) is 11.8. The summed E-state index contributed by atoms with van der Waals surface area (Å²) >= 11 is 9.49. The van der Waals surface area contributed by atoms with Crippen molar-refractivity contribution in [2.24, 2.45) is 0 Å². The largest absolute Gasteiger partial charge is 0.370 e. The molecule has 14 heavy (non-hydrogen) atoms. The average Bonchev–Trinajstić information content (AvgIpc) is 2.21. The van der Waals surface area contributed by atoms with Crippen LogP contribution in [0.3, 0.4) is 0 Å². The first-order valence-electron chi connectivity index (χ1n) is 4.70. The standard InChI is InChI=1S/C10H14BrClN2/c1-2-14(7-3-5-11)10-4-6-13-8-9(10)12/h4,6,8H,2-3,5,7H2,1H3. The number of anilines is 1. The Morgan fingerprint density at radius 3 is 2.93 bits per heavy atom. The summed E-state index contributed by atoms with van der Waals surface area (Å²) in [7, 11) is 0. The Morgan fingerprint density at radius 1 is 1.57 bits per heavy atom. The molecule has 0 spiro atoms. The molecule has 0 saturated heterocycles. The molecule has 1 rings (SSSR count). The topological polar surface area (TPSA) is 16.1 Å². The number of rotatable bonds is 5. The van der Waals surface area contributed by atoms with Crippen molar-refractivity contribution >= 4 is 33.2 Å². The molecule has 0 atom stereocenters. The van der Waals surface area contributed by atoms with E-state index in [9.17, 15) is 0 Å². The van der Waals surface area contributed by atoms with Crippen LogP contribution in [0.4, 0.5) is 5.69 Å². The molecule has 0 aliphatic rings. The normalized spacial score (nSPS) is 10.2. The quantitative estimate of drug-likeness (QED) is 0.767. The lowest BCUT2D eigenvalue weighted by atomic mass is 10.3. The minimum atomic E-state index is 0.726. The van der Waals surface area contributed by atoms with Gasteiger partial charge in [-0.1, -0.05) is 27.5 Å². The zero-order valence-corrected chi connectivity index (χ0v) is 10.6. The van der Waals surface area contributed by atoms with Crippen LogP contribution in [0.15, 0.2) is 18.5 Å². The third kappa shape index (κ3) is 3.14. The van der Waals surface area contributed by atoms with E-state index in [0.29, 0.717) is 0 Å². The van der Waals surface area contributed by atoms with Crippen LogP contribution < -0.4 is 4.90 Å². The van der Waals surface area contributed by atoms with E-state index in [-0.39, 0.29) is 0 Å². The van der Waals surface area contributed by atoms with Crippen LogP contribution in [-0.4, -0.2) is 23.4 Å². The zero-order chi connectivity index (χ0) is 10.4. The molecule has 0 saturated carbocycles. The van der Waals surface area contributed by atoms with E-state index >= 15 is 0 Å². The summed E-state index contributed by atoms with van der Waals surface area (Å²) in [6.45, 7) is 4.12. The molecule has 0 bridgehead atoms. The lowest BCUT2D eigenvalue weighted by molar-refractivity contribution is 0.798. The molecule has 0 aliphatic carbocycles. The van der Waals surface area contributed by atoms with Crippen LogP contribution >= 0.6 is 27.5 Å². The van der Waals surface area contributed by atoms with Crippen molar-refractivity contribution in [2.45, 2.75) is 13.3 Å². The molecular weight excluding hydrogens is 263 g/mol. The Hall–Kier alpha value is -0.280. The van der Waals surface area contributed by atoms with Crippen LogP contribution in [-0.2, 0) is 0 Å². The lowest BCUT2D eigenvalue weighted by Crippen LogP contribution is -2.24. The van der Waals surface area contributed by atoms with Crippen molar-refractivity contribution in [1.82, 2.24) is 4.98 Å². The second kappa shape index (κ2) is 6.25. The van der Waals surface area contributed by atoms with Gasteiger partial charge in [-0.15, -0.1) is 0 Å². The number of nitrogens with zero attached hydrogens (tertiary/aromatic N) is 2. The number of hydrogen-bond donors (Lipinski definition) is 0. The molecular formula is C10H14BrClN2. The van der Waals surface area contributed by atoms with Crippen LogP contribution in [0.25, 0.3) is 0 Å². The summed E-state index contributed by atoms with van der Waals surface area (Å²) in [5.74, 6) is 0. The summed E-state index contributed by atoms with van der Waals surface area (Å²) in [5, 5.41) is 1.75. The van der Waals surface area contributed by atoms with Crippen molar-refractivity contribution in [3.63, 3.8) is 0 Å². The molecule has 1 aromatic rings. The van der Waals surface area contributed by atoms with E-state index in [1.165, 1.54) is 0 Å². The van der Waals surface area contributed by atoms with Gasteiger partial charge in [-0.05, 0) is 19.4 Å². The van der Waals surface area contributed by atoms with Crippen molar-refractivity contribution in [3.05, 3.63) is 23.5 Å². The van der Waals surface area contributed by atoms with Gasteiger partial charge >= 0.3 is 0 Å². The second-order valence-corrected chi connectivity index (χ2v) is 4.15. The van der Waals surface area contributed by atoms with Gasteiger partial charge in [0.2, 0.25) is 0 Å². The van der Waals surface area contributed by atoms with Crippen LogP contribution in [0.5, 0.6) is 0 Å². The Balaban J connectivity index is 2.73. The molecule has 0 unspecified atom stereocenters. The van der Waals surface area contributed by atoms with E-state index in [4.69, 9.17) is 11.6 Å². The maximum atomic E-state index is 6.06. The van der Waals surface area contributed by atoms with E-state index in [0.717, 1.165) is 35.6 Å². The highest BCUT2D eigenvalue weighted by Gasteiger charge is 2.07. The number of hydrogen-bond acceptors (Lipinski definition) is 2. The van der Waals surface area contributed by atoms with E-state index < -0.39 is 0 Å². The molecule has 1 heterocycles. The molecule has 0 aliphatic heterocycles. The number of aromatic nitrogens is 1. The summed E-state index contributed by atoms with van der Waals surface area (Å²) < 4.78 is 0. The fraction of sp³-hybridized carbons (Fsp3) is 0.500. The van der Waals surface area contributed by atoms with Gasteiger partial charge < -0.3 is 4.90 Å². The minimum Gasteiger partial charge on any atom is -0.370 e. The second-order valence-electron chi connectivity index (χ2n) is 2.95. The lowest BCUT2D eigenvalue weighted by Gasteiger charge is -2.23. The van der Waals surface area contributed by atoms with Gasteiger partial charge in [0.25, 0.3) is 0 Å². The van der Waals surface area contributed by atoms with E-state index in [1.807, 2.05) is 6.07 Å². The first-order chi connectivity index (χ1) is 6.79. The molecule has 78 valence electrons. The number of alkyl halides is 1. The van der Waals surface area contributed by atoms with Gasteiger partial charge in [-0.25, -0.2) is 0 Å². The van der Waals surface area contributed by atoms with Crippen LogP contribution in [0.1, 0.15) is 13.3 Å². The van der Waals surface area contributed by atoms with Crippen molar-refractivity contribution in [1.29, 1.82) is 0 Å².